The predicted molar refractivity (Wildman–Crippen MR) is 79.5 cm³/mol. The van der Waals surface area contributed by atoms with E-state index in [0.29, 0.717) is 6.04 Å². The minimum atomic E-state index is -0.937. The number of carboxylic acids is 1. The molecule has 5 heteroatoms. The molecule has 2 aromatic rings. The van der Waals surface area contributed by atoms with Crippen LogP contribution >= 0.6 is 0 Å². The van der Waals surface area contributed by atoms with Crippen LogP contribution in [0.1, 0.15) is 34.5 Å². The molecule has 0 unspecified atom stereocenters. The molecule has 3 rings (SSSR count). The maximum absolute atomic E-state index is 12.0. The number of aromatic nitrogens is 1. The van der Waals surface area contributed by atoms with Crippen LogP contribution in [0.3, 0.4) is 0 Å². The number of hydrogen-bond acceptors (Lipinski definition) is 2. The summed E-state index contributed by atoms with van der Waals surface area (Å²) in [7, 11) is 0. The van der Waals surface area contributed by atoms with Gasteiger partial charge in [0.1, 0.15) is 6.54 Å². The molecule has 2 N–H and O–H groups in total. The maximum Gasteiger partial charge on any atom is 0.335 e. The molecule has 0 radical (unpaired) electrons. The topological polar surface area (TPSA) is 71.3 Å². The summed E-state index contributed by atoms with van der Waals surface area (Å²) in [6, 6.07) is 5.39. The van der Waals surface area contributed by atoms with Gasteiger partial charge in [0.05, 0.1) is 5.56 Å². The first-order valence-corrected chi connectivity index (χ1v) is 7.09. The van der Waals surface area contributed by atoms with Crippen LogP contribution in [0.4, 0.5) is 0 Å². The number of carbonyl (C=O) groups excluding carboxylic acids is 1. The third-order valence-corrected chi connectivity index (χ3v) is 4.13. The molecule has 1 aromatic heterocycles. The zero-order valence-corrected chi connectivity index (χ0v) is 12.1. The first-order valence-electron chi connectivity index (χ1n) is 7.09. The minimum Gasteiger partial charge on any atom is -0.478 e. The second-order valence-corrected chi connectivity index (χ2v) is 5.68. The average molecular weight is 286 g/mol. The van der Waals surface area contributed by atoms with Crippen molar-refractivity contribution in [2.24, 2.45) is 0 Å². The van der Waals surface area contributed by atoms with E-state index in [0.717, 1.165) is 35.0 Å². The van der Waals surface area contributed by atoms with E-state index >= 15 is 0 Å². The molecule has 1 aliphatic carbocycles. The number of carboxylic acid groups (broad SMARTS) is 1. The van der Waals surface area contributed by atoms with E-state index in [4.69, 9.17) is 5.11 Å². The highest BCUT2D eigenvalue weighted by molar-refractivity contribution is 5.96. The molecule has 1 fully saturated rings. The molecule has 1 saturated carbocycles. The summed E-state index contributed by atoms with van der Waals surface area (Å²) in [5.41, 5.74) is 3.19. The molecule has 0 spiro atoms. The fourth-order valence-corrected chi connectivity index (χ4v) is 2.63. The molecule has 0 saturated heterocycles. The van der Waals surface area contributed by atoms with Crippen molar-refractivity contribution >= 4 is 22.8 Å². The highest BCUT2D eigenvalue weighted by atomic mass is 16.4. The lowest BCUT2D eigenvalue weighted by molar-refractivity contribution is -0.121. The number of amides is 1. The Kier molecular flexibility index (Phi) is 3.20. The Morgan fingerprint density at radius 1 is 1.33 bits per heavy atom. The molecule has 1 aromatic carbocycles. The molecule has 1 heterocycles. The minimum absolute atomic E-state index is 0.0137. The number of nitrogens with zero attached hydrogens (tertiary/aromatic N) is 1. The lowest BCUT2D eigenvalue weighted by Gasteiger charge is -2.09. The van der Waals surface area contributed by atoms with Crippen LogP contribution in [-0.2, 0) is 11.3 Å². The van der Waals surface area contributed by atoms with Crippen molar-refractivity contribution in [3.8, 4) is 0 Å². The van der Waals surface area contributed by atoms with Crippen LogP contribution in [0.2, 0.25) is 0 Å². The van der Waals surface area contributed by atoms with Gasteiger partial charge in [-0.05, 0) is 50.5 Å². The zero-order valence-electron chi connectivity index (χ0n) is 12.1. The van der Waals surface area contributed by atoms with Crippen molar-refractivity contribution in [3.63, 3.8) is 0 Å². The van der Waals surface area contributed by atoms with Crippen molar-refractivity contribution < 1.29 is 14.7 Å². The van der Waals surface area contributed by atoms with Crippen molar-refractivity contribution in [1.82, 2.24) is 9.88 Å². The smallest absolute Gasteiger partial charge is 0.335 e. The van der Waals surface area contributed by atoms with Gasteiger partial charge >= 0.3 is 5.97 Å². The van der Waals surface area contributed by atoms with Gasteiger partial charge in [0.2, 0.25) is 5.91 Å². The first kappa shape index (κ1) is 13.7. The summed E-state index contributed by atoms with van der Waals surface area (Å²) in [4.78, 5) is 23.1. The van der Waals surface area contributed by atoms with E-state index in [1.807, 2.05) is 18.4 Å². The Morgan fingerprint density at radius 2 is 2.05 bits per heavy atom. The van der Waals surface area contributed by atoms with Gasteiger partial charge in [-0.15, -0.1) is 0 Å². The van der Waals surface area contributed by atoms with Gasteiger partial charge in [-0.2, -0.15) is 0 Å². The number of aryl methyl sites for hydroxylation is 1. The maximum atomic E-state index is 12.0. The standard InChI is InChI=1S/C16H18N2O3/c1-9-10(2)18(8-15(19)17-12-4-5-12)14-6-3-11(16(20)21)7-13(9)14/h3,6-7,12H,4-5,8H2,1-2H3,(H,17,19)(H,20,21). The SMILES string of the molecule is Cc1c(C)n(CC(=O)NC2CC2)c2ccc(C(=O)O)cc12. The van der Waals surface area contributed by atoms with Gasteiger partial charge in [0.15, 0.2) is 0 Å². The average Bonchev–Trinajstić information content (AvgIpc) is 3.22. The number of carbonyl (C=O) groups is 2. The third-order valence-electron chi connectivity index (χ3n) is 4.13. The number of hydrogen-bond donors (Lipinski definition) is 2. The van der Waals surface area contributed by atoms with Crippen LogP contribution in [-0.4, -0.2) is 27.6 Å². The van der Waals surface area contributed by atoms with Crippen LogP contribution in [0.25, 0.3) is 10.9 Å². The second kappa shape index (κ2) is 4.91. The quantitative estimate of drug-likeness (QED) is 0.905. The largest absolute Gasteiger partial charge is 0.478 e. The summed E-state index contributed by atoms with van der Waals surface area (Å²) in [5, 5.41) is 13.0. The molecule has 21 heavy (non-hydrogen) atoms. The zero-order chi connectivity index (χ0) is 15.1. The van der Waals surface area contributed by atoms with E-state index < -0.39 is 5.97 Å². The Morgan fingerprint density at radius 3 is 2.67 bits per heavy atom. The first-order chi connectivity index (χ1) is 9.97. The van der Waals surface area contributed by atoms with Crippen LogP contribution in [0.5, 0.6) is 0 Å². The second-order valence-electron chi connectivity index (χ2n) is 5.68. The van der Waals surface area contributed by atoms with Crippen molar-refractivity contribution in [1.29, 1.82) is 0 Å². The monoisotopic (exact) mass is 286 g/mol. The molecule has 5 nitrogen and oxygen atoms in total. The number of rotatable bonds is 4. The Hall–Kier alpha value is -2.30. The van der Waals surface area contributed by atoms with Gasteiger partial charge in [0.25, 0.3) is 0 Å². The molecule has 1 aliphatic rings. The van der Waals surface area contributed by atoms with Gasteiger partial charge in [-0.1, -0.05) is 0 Å². The molecule has 0 aliphatic heterocycles. The summed E-state index contributed by atoms with van der Waals surface area (Å²) in [6.45, 7) is 4.19. The summed E-state index contributed by atoms with van der Waals surface area (Å²) < 4.78 is 1.95. The summed E-state index contributed by atoms with van der Waals surface area (Å²) >= 11 is 0. The molecular weight excluding hydrogens is 268 g/mol. The van der Waals surface area contributed by atoms with Gasteiger partial charge in [0, 0.05) is 22.6 Å². The van der Waals surface area contributed by atoms with Gasteiger partial charge in [-0.3, -0.25) is 4.79 Å². The summed E-state index contributed by atoms with van der Waals surface area (Å²) in [6.07, 6.45) is 2.14. The molecule has 110 valence electrons. The molecular formula is C16H18N2O3. The Labute approximate surface area is 122 Å². The number of nitrogens with one attached hydrogen (secondary N) is 1. The van der Waals surface area contributed by atoms with Crippen molar-refractivity contribution in [3.05, 3.63) is 35.0 Å². The predicted octanol–water partition coefficient (Wildman–Crippen LogP) is 2.23. The van der Waals surface area contributed by atoms with E-state index in [1.54, 1.807) is 18.2 Å². The van der Waals surface area contributed by atoms with Crippen molar-refractivity contribution in [2.75, 3.05) is 0 Å². The molecule has 1 amide bonds. The number of fused-ring (bicyclic) bond motifs is 1. The van der Waals surface area contributed by atoms with Gasteiger partial charge < -0.3 is 15.0 Å². The molecule has 0 atom stereocenters. The van der Waals surface area contributed by atoms with E-state index in [2.05, 4.69) is 5.32 Å². The van der Waals surface area contributed by atoms with Crippen LogP contribution in [0, 0.1) is 13.8 Å². The fourth-order valence-electron chi connectivity index (χ4n) is 2.63. The lowest BCUT2D eigenvalue weighted by Crippen LogP contribution is -2.29. The Bertz CT molecular complexity index is 742. The fraction of sp³-hybridized carbons (Fsp3) is 0.375. The van der Waals surface area contributed by atoms with E-state index in [-0.39, 0.29) is 18.0 Å². The Balaban J connectivity index is 1.99. The molecule has 0 bridgehead atoms. The summed E-state index contributed by atoms with van der Waals surface area (Å²) in [5.74, 6) is -0.923. The van der Waals surface area contributed by atoms with Crippen molar-refractivity contribution in [2.45, 2.75) is 39.3 Å². The highest BCUT2D eigenvalue weighted by Crippen LogP contribution is 2.26. The van der Waals surface area contributed by atoms with E-state index in [9.17, 15) is 9.59 Å². The lowest BCUT2D eigenvalue weighted by atomic mass is 10.1. The van der Waals surface area contributed by atoms with E-state index in [1.165, 1.54) is 0 Å². The van der Waals surface area contributed by atoms with Gasteiger partial charge in [-0.25, -0.2) is 4.79 Å². The number of aromatic carboxylic acids is 1. The number of benzene rings is 1. The third kappa shape index (κ3) is 2.51. The van der Waals surface area contributed by atoms with Crippen LogP contribution < -0.4 is 5.32 Å². The normalized spacial score (nSPS) is 14.4. The highest BCUT2D eigenvalue weighted by Gasteiger charge is 2.24. The van der Waals surface area contributed by atoms with Crippen LogP contribution in [0.15, 0.2) is 18.2 Å².